The number of methoxy groups -OCH3 is 1. The van der Waals surface area contributed by atoms with Crippen LogP contribution in [0, 0.1) is 0 Å². The molecule has 0 aliphatic rings. The van der Waals surface area contributed by atoms with Crippen LogP contribution in [0.2, 0.25) is 5.02 Å². The zero-order chi connectivity index (χ0) is 22.5. The van der Waals surface area contributed by atoms with Crippen molar-refractivity contribution in [2.24, 2.45) is 0 Å². The van der Waals surface area contributed by atoms with Crippen molar-refractivity contribution in [3.05, 3.63) is 83.5 Å². The molecule has 0 aliphatic heterocycles. The largest absolute Gasteiger partial charge is 0.507 e. The Labute approximate surface area is 190 Å². The summed E-state index contributed by atoms with van der Waals surface area (Å²) in [5.74, 6) is 1.80. The second-order valence-corrected chi connectivity index (χ2v) is 7.16. The van der Waals surface area contributed by atoms with Crippen molar-refractivity contribution in [3.63, 3.8) is 0 Å². The number of aromatic nitrogens is 2. The number of anilines is 1. The molecule has 32 heavy (non-hydrogen) atoms. The molecule has 1 heterocycles. The normalized spacial score (nSPS) is 10.6. The molecule has 8 heteroatoms. The average Bonchev–Trinajstić information content (AvgIpc) is 2.80. The van der Waals surface area contributed by atoms with E-state index in [1.54, 1.807) is 37.4 Å². The lowest BCUT2D eigenvalue weighted by molar-refractivity contribution is 0.304. The van der Waals surface area contributed by atoms with Gasteiger partial charge in [-0.1, -0.05) is 41.9 Å². The SMILES string of the molecule is COc1ccccc1Oc1cnc(N)nc1-c1ccc(OCc2ccccc2Cl)cc1O. The predicted molar refractivity (Wildman–Crippen MR) is 122 cm³/mol. The number of para-hydroxylation sites is 2. The number of nitrogens with two attached hydrogens (primary N) is 1. The van der Waals surface area contributed by atoms with Crippen molar-refractivity contribution in [1.29, 1.82) is 0 Å². The van der Waals surface area contributed by atoms with Gasteiger partial charge in [-0.3, -0.25) is 0 Å². The van der Waals surface area contributed by atoms with E-state index in [1.807, 2.05) is 30.3 Å². The van der Waals surface area contributed by atoms with Gasteiger partial charge in [-0.25, -0.2) is 9.97 Å². The van der Waals surface area contributed by atoms with Gasteiger partial charge in [0.1, 0.15) is 23.8 Å². The van der Waals surface area contributed by atoms with Crippen LogP contribution in [0.5, 0.6) is 28.7 Å². The van der Waals surface area contributed by atoms with Crippen LogP contribution in [0.15, 0.2) is 72.9 Å². The second kappa shape index (κ2) is 9.45. The summed E-state index contributed by atoms with van der Waals surface area (Å²) in [6.45, 7) is 0.265. The van der Waals surface area contributed by atoms with Crippen LogP contribution in [0.3, 0.4) is 0 Å². The minimum Gasteiger partial charge on any atom is -0.507 e. The van der Waals surface area contributed by atoms with E-state index >= 15 is 0 Å². The van der Waals surface area contributed by atoms with Gasteiger partial charge in [-0.15, -0.1) is 0 Å². The number of aromatic hydroxyl groups is 1. The maximum atomic E-state index is 10.7. The van der Waals surface area contributed by atoms with Crippen LogP contribution >= 0.6 is 11.6 Å². The van der Waals surface area contributed by atoms with Gasteiger partial charge in [-0.2, -0.15) is 0 Å². The van der Waals surface area contributed by atoms with E-state index in [0.29, 0.717) is 39.3 Å². The van der Waals surface area contributed by atoms with E-state index < -0.39 is 0 Å². The summed E-state index contributed by atoms with van der Waals surface area (Å²) in [5, 5.41) is 11.3. The van der Waals surface area contributed by atoms with Gasteiger partial charge >= 0.3 is 0 Å². The Balaban J connectivity index is 1.62. The zero-order valence-electron chi connectivity index (χ0n) is 17.2. The minimum atomic E-state index is -0.0513. The van der Waals surface area contributed by atoms with Crippen molar-refractivity contribution >= 4 is 17.5 Å². The van der Waals surface area contributed by atoms with E-state index in [9.17, 15) is 5.11 Å². The maximum Gasteiger partial charge on any atom is 0.220 e. The summed E-state index contributed by atoms with van der Waals surface area (Å²) in [4.78, 5) is 8.29. The van der Waals surface area contributed by atoms with Crippen LogP contribution in [-0.2, 0) is 6.61 Å². The highest BCUT2D eigenvalue weighted by Crippen LogP contribution is 2.40. The number of nitrogens with zero attached hydrogens (tertiary/aromatic N) is 2. The number of rotatable bonds is 7. The van der Waals surface area contributed by atoms with Gasteiger partial charge in [-0.05, 0) is 30.3 Å². The lowest BCUT2D eigenvalue weighted by Gasteiger charge is -2.14. The Kier molecular flexibility index (Phi) is 6.28. The molecule has 4 aromatic rings. The number of halogens is 1. The first-order valence-electron chi connectivity index (χ1n) is 9.68. The Morgan fingerprint density at radius 3 is 2.47 bits per heavy atom. The van der Waals surface area contributed by atoms with Crippen molar-refractivity contribution < 1.29 is 19.3 Å². The van der Waals surface area contributed by atoms with Crippen LogP contribution in [0.4, 0.5) is 5.95 Å². The molecule has 4 rings (SSSR count). The number of hydrogen-bond acceptors (Lipinski definition) is 7. The third-order valence-electron chi connectivity index (χ3n) is 4.64. The smallest absolute Gasteiger partial charge is 0.220 e. The lowest BCUT2D eigenvalue weighted by Crippen LogP contribution is -2.00. The van der Waals surface area contributed by atoms with Crippen LogP contribution < -0.4 is 19.9 Å². The number of ether oxygens (including phenoxy) is 3. The molecule has 0 saturated heterocycles. The molecule has 0 atom stereocenters. The first-order valence-corrected chi connectivity index (χ1v) is 10.1. The monoisotopic (exact) mass is 449 g/mol. The fraction of sp³-hybridized carbons (Fsp3) is 0.0833. The summed E-state index contributed by atoms with van der Waals surface area (Å²) in [6.07, 6.45) is 1.45. The van der Waals surface area contributed by atoms with Crippen molar-refractivity contribution in [2.75, 3.05) is 12.8 Å². The standard InChI is InChI=1S/C24H20ClN3O4/c1-30-20-8-4-5-9-21(20)32-22-13-27-24(26)28-23(22)17-11-10-16(12-19(17)29)31-14-15-6-2-3-7-18(15)25/h2-13,29H,14H2,1H3,(H2,26,27,28). The molecule has 0 aliphatic carbocycles. The molecular weight excluding hydrogens is 430 g/mol. The van der Waals surface area contributed by atoms with Gasteiger partial charge in [0.2, 0.25) is 5.95 Å². The number of benzene rings is 3. The number of nitrogen functional groups attached to an aromatic ring is 1. The van der Waals surface area contributed by atoms with Gasteiger partial charge < -0.3 is 25.1 Å². The minimum absolute atomic E-state index is 0.0471. The molecule has 0 spiro atoms. The van der Waals surface area contributed by atoms with Crippen molar-refractivity contribution in [1.82, 2.24) is 9.97 Å². The Morgan fingerprint density at radius 1 is 0.969 bits per heavy atom. The molecule has 1 aromatic heterocycles. The Morgan fingerprint density at radius 2 is 1.72 bits per heavy atom. The Bertz CT molecular complexity index is 1250. The van der Waals surface area contributed by atoms with Crippen LogP contribution in [-0.4, -0.2) is 22.2 Å². The molecular formula is C24H20ClN3O4. The highest BCUT2D eigenvalue weighted by molar-refractivity contribution is 6.31. The van der Waals surface area contributed by atoms with Gasteiger partial charge in [0.15, 0.2) is 17.2 Å². The highest BCUT2D eigenvalue weighted by atomic mass is 35.5. The van der Waals surface area contributed by atoms with E-state index in [0.717, 1.165) is 5.56 Å². The van der Waals surface area contributed by atoms with Gasteiger partial charge in [0.05, 0.1) is 13.3 Å². The van der Waals surface area contributed by atoms with Crippen molar-refractivity contribution in [2.45, 2.75) is 6.61 Å². The zero-order valence-corrected chi connectivity index (χ0v) is 17.9. The molecule has 0 unspecified atom stereocenters. The fourth-order valence-corrected chi connectivity index (χ4v) is 3.24. The predicted octanol–water partition coefficient (Wildman–Crippen LogP) is 5.46. The lowest BCUT2D eigenvalue weighted by atomic mass is 10.1. The summed E-state index contributed by atoms with van der Waals surface area (Å²) >= 11 is 6.17. The third kappa shape index (κ3) is 4.68. The average molecular weight is 450 g/mol. The molecule has 0 fully saturated rings. The summed E-state index contributed by atoms with van der Waals surface area (Å²) in [7, 11) is 1.55. The second-order valence-electron chi connectivity index (χ2n) is 6.75. The van der Waals surface area contributed by atoms with E-state index in [1.165, 1.54) is 12.3 Å². The van der Waals surface area contributed by atoms with E-state index in [4.69, 9.17) is 31.5 Å². The summed E-state index contributed by atoms with van der Waals surface area (Å²) < 4.78 is 17.1. The topological polar surface area (TPSA) is 99.7 Å². The quantitative estimate of drug-likeness (QED) is 0.386. The van der Waals surface area contributed by atoms with Gasteiger partial charge in [0, 0.05) is 22.2 Å². The van der Waals surface area contributed by atoms with E-state index in [-0.39, 0.29) is 18.3 Å². The van der Waals surface area contributed by atoms with Crippen molar-refractivity contribution in [3.8, 4) is 40.0 Å². The molecule has 0 amide bonds. The van der Waals surface area contributed by atoms with Crippen LogP contribution in [0.25, 0.3) is 11.3 Å². The van der Waals surface area contributed by atoms with E-state index in [2.05, 4.69) is 9.97 Å². The molecule has 3 N–H and O–H groups in total. The molecule has 162 valence electrons. The number of phenolic OH excluding ortho intramolecular Hbond substituents is 1. The number of hydrogen-bond donors (Lipinski definition) is 2. The molecule has 0 bridgehead atoms. The maximum absolute atomic E-state index is 10.7. The first-order chi connectivity index (χ1) is 15.5. The third-order valence-corrected chi connectivity index (χ3v) is 5.01. The summed E-state index contributed by atoms with van der Waals surface area (Å²) in [5.41, 5.74) is 7.38. The number of phenols is 1. The first kappa shape index (κ1) is 21.3. The van der Waals surface area contributed by atoms with Crippen LogP contribution in [0.1, 0.15) is 5.56 Å². The Hall–Kier alpha value is -3.97. The summed E-state index contributed by atoms with van der Waals surface area (Å²) in [6, 6.07) is 19.5. The molecule has 0 saturated carbocycles. The molecule has 0 radical (unpaired) electrons. The van der Waals surface area contributed by atoms with Gasteiger partial charge in [0.25, 0.3) is 0 Å². The molecule has 3 aromatic carbocycles. The fourth-order valence-electron chi connectivity index (χ4n) is 3.05. The molecule has 7 nitrogen and oxygen atoms in total. The highest BCUT2D eigenvalue weighted by Gasteiger charge is 2.17.